The number of carboxylic acid groups (broad SMARTS) is 1. The predicted molar refractivity (Wildman–Crippen MR) is 113 cm³/mol. The van der Waals surface area contributed by atoms with E-state index < -0.39 is 29.4 Å². The molecule has 2 atom stereocenters. The van der Waals surface area contributed by atoms with Gasteiger partial charge in [0.1, 0.15) is 6.04 Å². The SMILES string of the molecule is CC(C)(C)C(NC(=O)c1ncc(N2CCC(C(=O)O)CC2)cn1)C(=O)N1CCC(O)C1. The van der Waals surface area contributed by atoms with Crippen molar-refractivity contribution in [2.45, 2.75) is 52.2 Å². The minimum absolute atomic E-state index is 0.0346. The third kappa shape index (κ3) is 5.49. The van der Waals surface area contributed by atoms with Crippen molar-refractivity contribution >= 4 is 23.5 Å². The summed E-state index contributed by atoms with van der Waals surface area (Å²) < 4.78 is 0. The first-order valence-electron chi connectivity index (χ1n) is 10.6. The lowest BCUT2D eigenvalue weighted by molar-refractivity contribution is -0.142. The van der Waals surface area contributed by atoms with Crippen LogP contribution in [0.4, 0.5) is 5.69 Å². The van der Waals surface area contributed by atoms with Gasteiger partial charge in [-0.25, -0.2) is 9.97 Å². The van der Waals surface area contributed by atoms with E-state index in [0.29, 0.717) is 38.9 Å². The van der Waals surface area contributed by atoms with Gasteiger partial charge in [-0.3, -0.25) is 14.4 Å². The molecule has 0 aliphatic carbocycles. The average Bonchev–Trinajstić information content (AvgIpc) is 3.17. The summed E-state index contributed by atoms with van der Waals surface area (Å²) in [5.41, 5.74) is 0.198. The summed E-state index contributed by atoms with van der Waals surface area (Å²) in [6, 6.07) is -0.774. The molecule has 0 radical (unpaired) electrons. The normalized spacial score (nSPS) is 21.1. The maximum atomic E-state index is 13.0. The average molecular weight is 434 g/mol. The number of likely N-dealkylation sites (tertiary alicyclic amines) is 1. The van der Waals surface area contributed by atoms with Crippen LogP contribution in [0.1, 0.15) is 50.7 Å². The van der Waals surface area contributed by atoms with Gasteiger partial charge in [-0.15, -0.1) is 0 Å². The number of β-amino-alcohol motifs (C(OH)–C–C–N with tert-alkyl or cyclic N) is 1. The molecule has 0 saturated carbocycles. The van der Waals surface area contributed by atoms with Gasteiger partial charge in [-0.1, -0.05) is 20.8 Å². The molecule has 170 valence electrons. The maximum Gasteiger partial charge on any atom is 0.306 e. The highest BCUT2D eigenvalue weighted by Gasteiger charge is 2.38. The summed E-state index contributed by atoms with van der Waals surface area (Å²) in [6.07, 6.45) is 4.21. The second-order valence-electron chi connectivity index (χ2n) is 9.36. The molecule has 1 aromatic rings. The molecule has 0 bridgehead atoms. The number of anilines is 1. The summed E-state index contributed by atoms with van der Waals surface area (Å²) in [5, 5.41) is 21.6. The number of carbonyl (C=O) groups is 3. The lowest BCUT2D eigenvalue weighted by Gasteiger charge is -2.33. The molecule has 2 aliphatic rings. The molecule has 2 unspecified atom stereocenters. The van der Waals surface area contributed by atoms with Crippen LogP contribution in [0.2, 0.25) is 0 Å². The van der Waals surface area contributed by atoms with E-state index in [1.165, 1.54) is 0 Å². The van der Waals surface area contributed by atoms with Crippen molar-refractivity contribution in [3.63, 3.8) is 0 Å². The number of hydrogen-bond acceptors (Lipinski definition) is 7. The molecular formula is C21H31N5O5. The molecule has 3 heterocycles. The fourth-order valence-corrected chi connectivity index (χ4v) is 3.96. The largest absolute Gasteiger partial charge is 0.481 e. The number of aliphatic hydroxyl groups is 1. The second kappa shape index (κ2) is 9.17. The highest BCUT2D eigenvalue weighted by atomic mass is 16.4. The van der Waals surface area contributed by atoms with E-state index in [1.807, 2.05) is 25.7 Å². The third-order valence-electron chi connectivity index (χ3n) is 5.91. The molecule has 3 rings (SSSR count). The number of aliphatic carboxylic acids is 1. The van der Waals surface area contributed by atoms with Crippen molar-refractivity contribution in [2.75, 3.05) is 31.1 Å². The summed E-state index contributed by atoms with van der Waals surface area (Å²) >= 11 is 0. The van der Waals surface area contributed by atoms with Crippen molar-refractivity contribution in [3.05, 3.63) is 18.2 Å². The third-order valence-corrected chi connectivity index (χ3v) is 5.91. The minimum atomic E-state index is -0.774. The van der Waals surface area contributed by atoms with Gasteiger partial charge in [0.15, 0.2) is 0 Å². The lowest BCUT2D eigenvalue weighted by atomic mass is 9.85. The number of nitrogens with zero attached hydrogens (tertiary/aromatic N) is 4. The minimum Gasteiger partial charge on any atom is -0.481 e. The first-order chi connectivity index (χ1) is 14.6. The number of nitrogens with one attached hydrogen (secondary N) is 1. The summed E-state index contributed by atoms with van der Waals surface area (Å²) in [7, 11) is 0. The second-order valence-corrected chi connectivity index (χ2v) is 9.36. The first kappa shape index (κ1) is 22.9. The van der Waals surface area contributed by atoms with E-state index in [2.05, 4.69) is 15.3 Å². The number of carbonyl (C=O) groups excluding carboxylic acids is 2. The molecule has 31 heavy (non-hydrogen) atoms. The molecule has 1 aromatic heterocycles. The van der Waals surface area contributed by atoms with E-state index >= 15 is 0 Å². The number of amides is 2. The monoisotopic (exact) mass is 433 g/mol. The van der Waals surface area contributed by atoms with Crippen LogP contribution in [0.15, 0.2) is 12.4 Å². The van der Waals surface area contributed by atoms with Crippen LogP contribution in [-0.2, 0) is 9.59 Å². The molecule has 0 aromatic carbocycles. The number of carboxylic acids is 1. The molecule has 2 amide bonds. The quantitative estimate of drug-likeness (QED) is 0.611. The molecular weight excluding hydrogens is 402 g/mol. The number of hydrogen-bond donors (Lipinski definition) is 3. The molecule has 0 spiro atoms. The Hall–Kier alpha value is -2.75. The highest BCUT2D eigenvalue weighted by molar-refractivity contribution is 5.95. The van der Waals surface area contributed by atoms with Gasteiger partial charge in [0.2, 0.25) is 11.7 Å². The fourth-order valence-electron chi connectivity index (χ4n) is 3.96. The smallest absolute Gasteiger partial charge is 0.306 e. The fraction of sp³-hybridized carbons (Fsp3) is 0.667. The zero-order chi connectivity index (χ0) is 22.8. The van der Waals surface area contributed by atoms with Gasteiger partial charge in [0.25, 0.3) is 5.91 Å². The zero-order valence-corrected chi connectivity index (χ0v) is 18.2. The van der Waals surface area contributed by atoms with E-state index in [4.69, 9.17) is 5.11 Å². The lowest BCUT2D eigenvalue weighted by Crippen LogP contribution is -2.54. The van der Waals surface area contributed by atoms with Gasteiger partial charge < -0.3 is 25.3 Å². The molecule has 10 nitrogen and oxygen atoms in total. The van der Waals surface area contributed by atoms with E-state index in [0.717, 1.165) is 5.69 Å². The van der Waals surface area contributed by atoms with Crippen LogP contribution < -0.4 is 10.2 Å². The van der Waals surface area contributed by atoms with Crippen molar-refractivity contribution in [1.29, 1.82) is 0 Å². The zero-order valence-electron chi connectivity index (χ0n) is 18.2. The maximum absolute atomic E-state index is 13.0. The van der Waals surface area contributed by atoms with Crippen LogP contribution in [0.5, 0.6) is 0 Å². The van der Waals surface area contributed by atoms with Crippen molar-refractivity contribution < 1.29 is 24.6 Å². The highest BCUT2D eigenvalue weighted by Crippen LogP contribution is 2.24. The first-order valence-corrected chi connectivity index (χ1v) is 10.6. The van der Waals surface area contributed by atoms with Gasteiger partial charge in [0.05, 0.1) is 30.1 Å². The molecule has 2 fully saturated rings. The summed E-state index contributed by atoms with van der Waals surface area (Å²) in [5.74, 6) is -1.90. The van der Waals surface area contributed by atoms with Crippen molar-refractivity contribution in [1.82, 2.24) is 20.2 Å². The Kier molecular flexibility index (Phi) is 6.78. The van der Waals surface area contributed by atoms with E-state index in [-0.39, 0.29) is 24.2 Å². The van der Waals surface area contributed by atoms with Gasteiger partial charge in [-0.05, 0) is 24.7 Å². The van der Waals surface area contributed by atoms with Crippen molar-refractivity contribution in [2.24, 2.45) is 11.3 Å². The number of aromatic nitrogens is 2. The Balaban J connectivity index is 1.64. The Bertz CT molecular complexity index is 814. The topological polar surface area (TPSA) is 136 Å². The van der Waals surface area contributed by atoms with Crippen molar-refractivity contribution in [3.8, 4) is 0 Å². The van der Waals surface area contributed by atoms with Crippen LogP contribution in [0, 0.1) is 11.3 Å². The number of aliphatic hydroxyl groups excluding tert-OH is 1. The predicted octanol–water partition coefficient (Wildman–Crippen LogP) is 0.515. The Morgan fingerprint density at radius 1 is 1.10 bits per heavy atom. The summed E-state index contributed by atoms with van der Waals surface area (Å²) in [6.45, 7) is 7.52. The van der Waals surface area contributed by atoms with Crippen LogP contribution >= 0.6 is 0 Å². The van der Waals surface area contributed by atoms with Gasteiger partial charge >= 0.3 is 5.97 Å². The van der Waals surface area contributed by atoms with E-state index in [1.54, 1.807) is 17.3 Å². The number of piperidine rings is 1. The Morgan fingerprint density at radius 2 is 1.71 bits per heavy atom. The molecule has 2 saturated heterocycles. The standard InChI is InChI=1S/C21H31N5O5/c1-21(2,3)16(19(29)26-9-6-15(27)12-26)24-18(28)17-22-10-14(11-23-17)25-7-4-13(5-8-25)20(30)31/h10-11,13,15-16,27H,4-9,12H2,1-3H3,(H,24,28)(H,30,31). The molecule has 2 aliphatic heterocycles. The van der Waals surface area contributed by atoms with Gasteiger partial charge in [-0.2, -0.15) is 0 Å². The van der Waals surface area contributed by atoms with Gasteiger partial charge in [0, 0.05) is 26.2 Å². The summed E-state index contributed by atoms with van der Waals surface area (Å²) in [4.78, 5) is 48.7. The van der Waals surface area contributed by atoms with Crippen LogP contribution in [0.25, 0.3) is 0 Å². The molecule has 10 heteroatoms. The van der Waals surface area contributed by atoms with Crippen LogP contribution in [0.3, 0.4) is 0 Å². The molecule has 3 N–H and O–H groups in total. The Labute approximate surface area is 181 Å². The number of rotatable bonds is 5. The van der Waals surface area contributed by atoms with Crippen LogP contribution in [-0.4, -0.2) is 81.2 Å². The van der Waals surface area contributed by atoms with E-state index in [9.17, 15) is 19.5 Å². The Morgan fingerprint density at radius 3 is 2.19 bits per heavy atom.